The number of pyridine rings is 1. The number of nitrogens with zero attached hydrogens (tertiary/aromatic N) is 2. The van der Waals surface area contributed by atoms with E-state index in [1.54, 1.807) is 12.4 Å². The Morgan fingerprint density at radius 3 is 2.68 bits per heavy atom. The molecule has 0 radical (unpaired) electrons. The summed E-state index contributed by atoms with van der Waals surface area (Å²) in [4.78, 5) is 17.3. The molecule has 1 aromatic heterocycles. The van der Waals surface area contributed by atoms with E-state index in [1.165, 1.54) is 0 Å². The Labute approximate surface area is 112 Å². The molecule has 0 fully saturated rings. The van der Waals surface area contributed by atoms with Crippen LogP contribution in [0.15, 0.2) is 30.6 Å². The van der Waals surface area contributed by atoms with Crippen LogP contribution in [0.4, 0.5) is 11.4 Å². The fraction of sp³-hybridized carbons (Fsp3) is 0.286. The van der Waals surface area contributed by atoms with Gasteiger partial charge in [0.1, 0.15) is 0 Å². The van der Waals surface area contributed by atoms with Crippen LogP contribution in [0.5, 0.6) is 0 Å². The van der Waals surface area contributed by atoms with Gasteiger partial charge in [-0.15, -0.1) is 0 Å². The van der Waals surface area contributed by atoms with Crippen LogP contribution in [0.3, 0.4) is 0 Å². The maximum atomic E-state index is 11.2. The highest BCUT2D eigenvalue weighted by Crippen LogP contribution is 2.31. The highest BCUT2D eigenvalue weighted by molar-refractivity contribution is 6.01. The van der Waals surface area contributed by atoms with Gasteiger partial charge in [0.05, 0.1) is 6.54 Å². The molecule has 0 aliphatic carbocycles. The van der Waals surface area contributed by atoms with Gasteiger partial charge >= 0.3 is 0 Å². The van der Waals surface area contributed by atoms with Gasteiger partial charge in [-0.25, -0.2) is 0 Å². The molecule has 5 heteroatoms. The summed E-state index contributed by atoms with van der Waals surface area (Å²) in [6.45, 7) is 4.22. The van der Waals surface area contributed by atoms with Crippen LogP contribution in [0, 0.1) is 0 Å². The second-order valence-electron chi connectivity index (χ2n) is 4.78. The fourth-order valence-electron chi connectivity index (χ4n) is 2.16. The molecule has 100 valence electrons. The van der Waals surface area contributed by atoms with Crippen molar-refractivity contribution < 1.29 is 4.79 Å². The topological polar surface area (TPSA) is 85.2 Å². The average molecular weight is 258 g/mol. The van der Waals surface area contributed by atoms with Crippen LogP contribution in [0.25, 0.3) is 10.8 Å². The van der Waals surface area contributed by atoms with Crippen molar-refractivity contribution in [3.05, 3.63) is 30.6 Å². The minimum absolute atomic E-state index is 0.160. The van der Waals surface area contributed by atoms with Crippen LogP contribution < -0.4 is 16.4 Å². The van der Waals surface area contributed by atoms with Crippen LogP contribution in [-0.4, -0.2) is 23.5 Å². The first-order valence-electron chi connectivity index (χ1n) is 6.18. The number of anilines is 2. The van der Waals surface area contributed by atoms with E-state index in [9.17, 15) is 4.79 Å². The number of amides is 1. The van der Waals surface area contributed by atoms with Gasteiger partial charge in [0, 0.05) is 40.6 Å². The van der Waals surface area contributed by atoms with Gasteiger partial charge in [-0.1, -0.05) is 0 Å². The van der Waals surface area contributed by atoms with Crippen molar-refractivity contribution in [3.8, 4) is 0 Å². The number of aromatic nitrogens is 1. The molecule has 0 bridgehead atoms. The largest absolute Gasteiger partial charge is 0.398 e. The molecular formula is C14H18N4O. The molecule has 2 rings (SSSR count). The number of nitrogens with two attached hydrogens (primary N) is 2. The zero-order valence-electron chi connectivity index (χ0n) is 11.1. The van der Waals surface area contributed by atoms with Gasteiger partial charge in [-0.3, -0.25) is 9.78 Å². The van der Waals surface area contributed by atoms with Crippen LogP contribution in [0.2, 0.25) is 0 Å². The van der Waals surface area contributed by atoms with Crippen LogP contribution in [-0.2, 0) is 4.79 Å². The van der Waals surface area contributed by atoms with Crippen molar-refractivity contribution in [3.63, 3.8) is 0 Å². The molecule has 0 unspecified atom stereocenters. The number of primary amides is 1. The van der Waals surface area contributed by atoms with E-state index >= 15 is 0 Å². The standard InChI is InChI=1S/C14H18N4O/c1-9(2)18(8-14(16)19)13-4-3-12(15)11-7-17-6-5-10(11)13/h3-7,9H,8,15H2,1-2H3,(H2,16,19). The molecular weight excluding hydrogens is 240 g/mol. The molecule has 1 amide bonds. The van der Waals surface area contributed by atoms with E-state index in [1.807, 2.05) is 36.9 Å². The van der Waals surface area contributed by atoms with E-state index in [0.717, 1.165) is 16.5 Å². The van der Waals surface area contributed by atoms with E-state index in [4.69, 9.17) is 11.5 Å². The third kappa shape index (κ3) is 2.59. The number of carbonyl (C=O) groups is 1. The SMILES string of the molecule is CC(C)N(CC(N)=O)c1ccc(N)c2cnccc12. The lowest BCUT2D eigenvalue weighted by Crippen LogP contribution is -2.38. The highest BCUT2D eigenvalue weighted by atomic mass is 16.1. The fourth-order valence-corrected chi connectivity index (χ4v) is 2.16. The second kappa shape index (κ2) is 5.14. The third-order valence-corrected chi connectivity index (χ3v) is 3.09. The first-order chi connectivity index (χ1) is 9.00. The summed E-state index contributed by atoms with van der Waals surface area (Å²) in [5.41, 5.74) is 12.9. The minimum atomic E-state index is -0.354. The number of rotatable bonds is 4. The number of nitrogen functional groups attached to an aromatic ring is 1. The van der Waals surface area contributed by atoms with Gasteiger partial charge in [0.15, 0.2) is 0 Å². The zero-order valence-corrected chi connectivity index (χ0v) is 11.1. The van der Waals surface area contributed by atoms with Crippen LogP contribution in [0.1, 0.15) is 13.8 Å². The molecule has 0 aliphatic heterocycles. The van der Waals surface area contributed by atoms with Gasteiger partial charge < -0.3 is 16.4 Å². The molecule has 2 aromatic rings. The molecule has 0 saturated carbocycles. The number of fused-ring (bicyclic) bond motifs is 1. The third-order valence-electron chi connectivity index (χ3n) is 3.09. The highest BCUT2D eigenvalue weighted by Gasteiger charge is 2.16. The summed E-state index contributed by atoms with van der Waals surface area (Å²) in [5.74, 6) is -0.354. The minimum Gasteiger partial charge on any atom is -0.398 e. The van der Waals surface area contributed by atoms with Crippen molar-refractivity contribution in [1.82, 2.24) is 4.98 Å². The molecule has 19 heavy (non-hydrogen) atoms. The molecule has 0 saturated heterocycles. The van der Waals surface area contributed by atoms with E-state index in [-0.39, 0.29) is 18.5 Å². The summed E-state index contributed by atoms with van der Waals surface area (Å²) in [5, 5.41) is 1.86. The van der Waals surface area contributed by atoms with Gasteiger partial charge in [0.25, 0.3) is 0 Å². The number of benzene rings is 1. The van der Waals surface area contributed by atoms with Crippen molar-refractivity contribution in [1.29, 1.82) is 0 Å². The Bertz CT molecular complexity index is 609. The smallest absolute Gasteiger partial charge is 0.236 e. The van der Waals surface area contributed by atoms with Crippen LogP contribution >= 0.6 is 0 Å². The molecule has 1 heterocycles. The molecule has 0 atom stereocenters. The average Bonchev–Trinajstić information content (AvgIpc) is 2.37. The summed E-state index contributed by atoms with van der Waals surface area (Å²) in [6, 6.07) is 5.81. The van der Waals surface area contributed by atoms with Gasteiger partial charge in [0.2, 0.25) is 5.91 Å². The Balaban J connectivity index is 2.60. The first-order valence-corrected chi connectivity index (χ1v) is 6.18. The second-order valence-corrected chi connectivity index (χ2v) is 4.78. The molecule has 1 aromatic carbocycles. The lowest BCUT2D eigenvalue weighted by Gasteiger charge is -2.29. The summed E-state index contributed by atoms with van der Waals surface area (Å²) < 4.78 is 0. The Kier molecular flexibility index (Phi) is 3.55. The molecule has 0 aliphatic rings. The maximum Gasteiger partial charge on any atom is 0.236 e. The summed E-state index contributed by atoms with van der Waals surface area (Å²) >= 11 is 0. The quantitative estimate of drug-likeness (QED) is 0.814. The van der Waals surface area contributed by atoms with Crippen molar-refractivity contribution in [2.75, 3.05) is 17.2 Å². The maximum absolute atomic E-state index is 11.2. The summed E-state index contributed by atoms with van der Waals surface area (Å²) in [7, 11) is 0. The van der Waals surface area contributed by atoms with Gasteiger partial charge in [-0.05, 0) is 32.0 Å². The lowest BCUT2D eigenvalue weighted by atomic mass is 10.1. The normalized spacial score (nSPS) is 10.9. The number of hydrogen-bond donors (Lipinski definition) is 2. The summed E-state index contributed by atoms with van der Waals surface area (Å²) in [6.07, 6.45) is 3.45. The Morgan fingerprint density at radius 2 is 2.05 bits per heavy atom. The van der Waals surface area contributed by atoms with Gasteiger partial charge in [-0.2, -0.15) is 0 Å². The lowest BCUT2D eigenvalue weighted by molar-refractivity contribution is -0.116. The first kappa shape index (κ1) is 13.1. The molecule has 0 spiro atoms. The van der Waals surface area contributed by atoms with Crippen molar-refractivity contribution >= 4 is 28.1 Å². The molecule has 4 N–H and O–H groups in total. The van der Waals surface area contributed by atoms with E-state index < -0.39 is 0 Å². The number of carbonyl (C=O) groups excluding carboxylic acids is 1. The van der Waals surface area contributed by atoms with E-state index in [2.05, 4.69) is 4.98 Å². The molecule has 5 nitrogen and oxygen atoms in total. The van der Waals surface area contributed by atoms with Crippen molar-refractivity contribution in [2.24, 2.45) is 5.73 Å². The Hall–Kier alpha value is -2.30. The predicted molar refractivity (Wildman–Crippen MR) is 77.8 cm³/mol. The Morgan fingerprint density at radius 1 is 1.32 bits per heavy atom. The predicted octanol–water partition coefficient (Wildman–Crippen LogP) is 1.52. The van der Waals surface area contributed by atoms with E-state index in [0.29, 0.717) is 5.69 Å². The van der Waals surface area contributed by atoms with Crippen molar-refractivity contribution in [2.45, 2.75) is 19.9 Å². The number of hydrogen-bond acceptors (Lipinski definition) is 4. The monoisotopic (exact) mass is 258 g/mol. The zero-order chi connectivity index (χ0) is 14.0.